The Balaban J connectivity index is 1.65. The van der Waals surface area contributed by atoms with E-state index >= 15 is 0 Å². The van der Waals surface area contributed by atoms with Gasteiger partial charge in [-0.25, -0.2) is 39.9 Å². The van der Waals surface area contributed by atoms with Gasteiger partial charge in [-0.05, 0) is 0 Å². The van der Waals surface area contributed by atoms with Crippen LogP contribution in [0.4, 0.5) is 46.5 Å². The summed E-state index contributed by atoms with van der Waals surface area (Å²) >= 11 is 12.9. The van der Waals surface area contributed by atoms with E-state index in [4.69, 9.17) is 23.2 Å². The Labute approximate surface area is 178 Å². The SMILES string of the molecule is Clc1c2ncnc1Nc1cc(ncn1)Nc1ncnc(c1Cl)Nc1cc(ncn1)N2. The number of rotatable bonds is 0. The number of hydrogen-bond acceptors (Lipinski definition) is 12. The molecule has 4 aromatic rings. The van der Waals surface area contributed by atoms with Crippen LogP contribution < -0.4 is 21.3 Å². The van der Waals surface area contributed by atoms with Crippen LogP contribution in [-0.4, -0.2) is 39.9 Å². The highest BCUT2D eigenvalue weighted by molar-refractivity contribution is 6.36. The Morgan fingerprint density at radius 3 is 1.00 bits per heavy atom. The van der Waals surface area contributed by atoms with Crippen molar-refractivity contribution in [2.45, 2.75) is 0 Å². The molecule has 0 atom stereocenters. The van der Waals surface area contributed by atoms with Crippen LogP contribution in [-0.2, 0) is 0 Å². The third-order valence-corrected chi connectivity index (χ3v) is 4.62. The van der Waals surface area contributed by atoms with Crippen molar-refractivity contribution in [1.82, 2.24) is 39.9 Å². The zero-order valence-electron chi connectivity index (χ0n) is 14.8. The van der Waals surface area contributed by atoms with Crippen molar-refractivity contribution in [2.75, 3.05) is 21.3 Å². The second-order valence-corrected chi connectivity index (χ2v) is 6.60. The number of fused-ring (bicyclic) bond motifs is 8. The molecule has 5 heterocycles. The molecule has 0 amide bonds. The lowest BCUT2D eigenvalue weighted by molar-refractivity contribution is 1.10. The van der Waals surface area contributed by atoms with Crippen molar-refractivity contribution in [3.05, 3.63) is 47.5 Å². The highest BCUT2D eigenvalue weighted by Gasteiger charge is 2.15. The largest absolute Gasteiger partial charge is 0.323 e. The number of halogens is 2. The van der Waals surface area contributed by atoms with Crippen LogP contribution in [0.25, 0.3) is 0 Å². The first-order valence-corrected chi connectivity index (χ1v) is 9.14. The molecule has 0 aliphatic carbocycles. The van der Waals surface area contributed by atoms with E-state index in [0.717, 1.165) is 0 Å². The van der Waals surface area contributed by atoms with E-state index < -0.39 is 0 Å². The van der Waals surface area contributed by atoms with Gasteiger partial charge in [0.25, 0.3) is 0 Å². The van der Waals surface area contributed by atoms with E-state index in [2.05, 4.69) is 61.1 Å². The molecule has 4 N–H and O–H groups in total. The summed E-state index contributed by atoms with van der Waals surface area (Å²) in [5, 5.41) is 12.7. The Bertz CT molecular complexity index is 1070. The molecule has 1 aliphatic heterocycles. The van der Waals surface area contributed by atoms with E-state index in [9.17, 15) is 0 Å². The van der Waals surface area contributed by atoms with Crippen molar-refractivity contribution < 1.29 is 0 Å². The molecule has 0 spiro atoms. The summed E-state index contributed by atoms with van der Waals surface area (Å²) in [6.45, 7) is 0. The Morgan fingerprint density at radius 2 is 0.700 bits per heavy atom. The molecule has 14 heteroatoms. The summed E-state index contributed by atoms with van der Waals surface area (Å²) in [6.07, 6.45) is 5.46. The maximum Gasteiger partial charge on any atom is 0.156 e. The first kappa shape index (κ1) is 18.1. The van der Waals surface area contributed by atoms with Gasteiger partial charge in [-0.1, -0.05) is 23.2 Å². The minimum Gasteiger partial charge on any atom is -0.323 e. The third kappa shape index (κ3) is 3.56. The first-order chi connectivity index (χ1) is 14.7. The van der Waals surface area contributed by atoms with Gasteiger partial charge in [-0.3, -0.25) is 0 Å². The first-order valence-electron chi connectivity index (χ1n) is 8.39. The van der Waals surface area contributed by atoms with E-state index in [1.165, 1.54) is 25.3 Å². The van der Waals surface area contributed by atoms with Crippen LogP contribution in [0.5, 0.6) is 0 Å². The molecule has 4 aromatic heterocycles. The van der Waals surface area contributed by atoms with E-state index in [-0.39, 0.29) is 10.0 Å². The van der Waals surface area contributed by atoms with Gasteiger partial charge in [0.1, 0.15) is 58.6 Å². The smallest absolute Gasteiger partial charge is 0.156 e. The topological polar surface area (TPSA) is 151 Å². The summed E-state index contributed by atoms with van der Waals surface area (Å²) in [6, 6.07) is 3.29. The summed E-state index contributed by atoms with van der Waals surface area (Å²) in [5.74, 6) is 3.17. The number of nitrogens with one attached hydrogen (secondary N) is 4. The molecule has 12 nitrogen and oxygen atoms in total. The Morgan fingerprint density at radius 1 is 0.433 bits per heavy atom. The standard InChI is InChI=1S/C16H10Cl2N12/c17-11-13-23-5-25-15(11)29-9-2-10(22-4-21-9)30-16-12(18)14(24-6-26-16)28-8-1-7(27-13)19-3-20-8/h1-6H,(H4,19,20,21,22,23,24,25,26,27,28,29,30). The van der Waals surface area contributed by atoms with Crippen molar-refractivity contribution in [3.8, 4) is 0 Å². The number of aromatic nitrogens is 8. The second kappa shape index (κ2) is 7.50. The molecule has 0 fully saturated rings. The van der Waals surface area contributed by atoms with Gasteiger partial charge in [0.2, 0.25) is 0 Å². The molecule has 148 valence electrons. The highest BCUT2D eigenvalue weighted by Crippen LogP contribution is 2.33. The lowest BCUT2D eigenvalue weighted by Gasteiger charge is -2.14. The average Bonchev–Trinajstić information content (AvgIpc) is 2.74. The molecular weight excluding hydrogens is 431 g/mol. The van der Waals surface area contributed by atoms with Gasteiger partial charge in [-0.15, -0.1) is 0 Å². The molecule has 8 bridgehead atoms. The monoisotopic (exact) mass is 440 g/mol. The van der Waals surface area contributed by atoms with Gasteiger partial charge in [-0.2, -0.15) is 0 Å². The second-order valence-electron chi connectivity index (χ2n) is 5.85. The highest BCUT2D eigenvalue weighted by atomic mass is 35.5. The molecule has 1 aliphatic rings. The molecule has 0 aromatic carbocycles. The normalized spacial score (nSPS) is 12.1. The van der Waals surface area contributed by atoms with E-state index in [1.54, 1.807) is 12.1 Å². The average molecular weight is 441 g/mol. The van der Waals surface area contributed by atoms with Crippen LogP contribution in [0.1, 0.15) is 0 Å². The van der Waals surface area contributed by atoms with Gasteiger partial charge in [0, 0.05) is 12.1 Å². The zero-order chi connectivity index (χ0) is 20.5. The molecule has 0 radical (unpaired) electrons. The van der Waals surface area contributed by atoms with Gasteiger partial charge >= 0.3 is 0 Å². The maximum absolute atomic E-state index is 6.46. The third-order valence-electron chi connectivity index (χ3n) is 3.90. The minimum absolute atomic E-state index is 0.252. The predicted molar refractivity (Wildman–Crippen MR) is 111 cm³/mol. The molecule has 5 rings (SSSR count). The summed E-state index contributed by atoms with van der Waals surface area (Å²) in [5.41, 5.74) is 0. The minimum atomic E-state index is 0.252. The molecule has 0 unspecified atom stereocenters. The maximum atomic E-state index is 6.46. The zero-order valence-corrected chi connectivity index (χ0v) is 16.3. The van der Waals surface area contributed by atoms with Crippen LogP contribution in [0.2, 0.25) is 10.0 Å². The number of nitrogens with zero attached hydrogens (tertiary/aromatic N) is 8. The van der Waals surface area contributed by atoms with Gasteiger partial charge in [0.05, 0.1) is 0 Å². The molecule has 0 saturated carbocycles. The summed E-state index contributed by atoms with van der Waals surface area (Å²) < 4.78 is 0. The number of anilines is 8. The summed E-state index contributed by atoms with van der Waals surface area (Å²) in [4.78, 5) is 33.4. The van der Waals surface area contributed by atoms with Crippen molar-refractivity contribution in [1.29, 1.82) is 0 Å². The predicted octanol–water partition coefficient (Wildman–Crippen LogP) is 3.44. The summed E-state index contributed by atoms with van der Waals surface area (Å²) in [7, 11) is 0. The lowest BCUT2D eigenvalue weighted by Crippen LogP contribution is -2.06. The van der Waals surface area contributed by atoms with Crippen LogP contribution in [0.15, 0.2) is 37.4 Å². The van der Waals surface area contributed by atoms with Crippen LogP contribution >= 0.6 is 23.2 Å². The Kier molecular flexibility index (Phi) is 4.53. The number of hydrogen-bond donors (Lipinski definition) is 4. The molecular formula is C16H10Cl2N12. The van der Waals surface area contributed by atoms with Gasteiger partial charge < -0.3 is 21.3 Å². The van der Waals surface area contributed by atoms with Crippen LogP contribution in [0.3, 0.4) is 0 Å². The molecule has 30 heavy (non-hydrogen) atoms. The van der Waals surface area contributed by atoms with Crippen molar-refractivity contribution in [2.24, 2.45) is 0 Å². The lowest BCUT2D eigenvalue weighted by atomic mass is 10.4. The Hall–Kier alpha value is -3.90. The fraction of sp³-hybridized carbons (Fsp3) is 0. The van der Waals surface area contributed by atoms with Crippen molar-refractivity contribution >= 4 is 69.7 Å². The quantitative estimate of drug-likeness (QED) is 0.279. The molecule has 0 saturated heterocycles. The van der Waals surface area contributed by atoms with E-state index in [1.807, 2.05) is 0 Å². The fourth-order valence-corrected chi connectivity index (χ4v) is 2.95. The van der Waals surface area contributed by atoms with Crippen molar-refractivity contribution in [3.63, 3.8) is 0 Å². The van der Waals surface area contributed by atoms with E-state index in [0.29, 0.717) is 46.5 Å². The van der Waals surface area contributed by atoms with Crippen LogP contribution in [0, 0.1) is 0 Å². The fourth-order valence-electron chi connectivity index (χ4n) is 2.56. The van der Waals surface area contributed by atoms with Gasteiger partial charge in [0.15, 0.2) is 23.3 Å².